The van der Waals surface area contributed by atoms with Crippen molar-refractivity contribution >= 4 is 28.2 Å². The molecule has 0 saturated carbocycles. The van der Waals surface area contributed by atoms with Crippen LogP contribution in [-0.2, 0) is 16.0 Å². The Kier molecular flexibility index (Phi) is 5.43. The Labute approximate surface area is 154 Å². The van der Waals surface area contributed by atoms with Gasteiger partial charge in [-0.05, 0) is 19.1 Å². The summed E-state index contributed by atoms with van der Waals surface area (Å²) in [4.78, 5) is 28.2. The van der Waals surface area contributed by atoms with Crippen LogP contribution in [0.5, 0.6) is 0 Å². The summed E-state index contributed by atoms with van der Waals surface area (Å²) in [5.41, 5.74) is 2.02. The molecule has 1 aromatic carbocycles. The fourth-order valence-electron chi connectivity index (χ4n) is 2.21. The molecule has 0 spiro atoms. The smallest absolute Gasteiger partial charge is 0.348 e. The van der Waals surface area contributed by atoms with Crippen LogP contribution in [0, 0.1) is 6.92 Å². The quantitative estimate of drug-likeness (QED) is 0.667. The molecule has 2 aromatic heterocycles. The number of nitrogens with zero attached hydrogens (tertiary/aromatic N) is 2. The van der Waals surface area contributed by atoms with E-state index in [1.807, 2.05) is 31.2 Å². The van der Waals surface area contributed by atoms with E-state index in [2.05, 4.69) is 20.2 Å². The average Bonchev–Trinajstić information content (AvgIpc) is 3.29. The van der Waals surface area contributed by atoms with E-state index >= 15 is 0 Å². The Bertz CT molecular complexity index is 915. The Morgan fingerprint density at radius 1 is 1.19 bits per heavy atom. The lowest BCUT2D eigenvalue weighted by Crippen LogP contribution is -2.11. The van der Waals surface area contributed by atoms with Crippen LogP contribution in [0.3, 0.4) is 0 Å². The van der Waals surface area contributed by atoms with Crippen molar-refractivity contribution in [2.24, 2.45) is 0 Å². The van der Waals surface area contributed by atoms with Gasteiger partial charge in [0.15, 0.2) is 0 Å². The van der Waals surface area contributed by atoms with Crippen molar-refractivity contribution in [3.05, 3.63) is 52.7 Å². The van der Waals surface area contributed by atoms with Crippen LogP contribution in [0.2, 0.25) is 0 Å². The number of hydrogen-bond donors (Lipinski definition) is 1. The molecule has 0 aliphatic heterocycles. The Morgan fingerprint density at radius 2 is 1.96 bits per heavy atom. The van der Waals surface area contributed by atoms with Gasteiger partial charge in [-0.15, -0.1) is 11.3 Å². The van der Waals surface area contributed by atoms with Gasteiger partial charge in [0.2, 0.25) is 17.6 Å². The van der Waals surface area contributed by atoms with E-state index in [1.165, 1.54) is 7.11 Å². The lowest BCUT2D eigenvalue weighted by molar-refractivity contribution is -0.116. The number of amides is 1. The molecular formula is C18H17N3O4S. The van der Waals surface area contributed by atoms with Gasteiger partial charge >= 0.3 is 5.97 Å². The largest absolute Gasteiger partial charge is 0.465 e. The molecule has 7 nitrogen and oxygen atoms in total. The molecule has 0 atom stereocenters. The molecule has 0 fully saturated rings. The zero-order valence-electron chi connectivity index (χ0n) is 14.3. The molecule has 3 rings (SSSR count). The third kappa shape index (κ3) is 4.34. The molecular weight excluding hydrogens is 354 g/mol. The molecule has 2 heterocycles. The maximum atomic E-state index is 12.0. The minimum Gasteiger partial charge on any atom is -0.465 e. The summed E-state index contributed by atoms with van der Waals surface area (Å²) in [6.45, 7) is 2.01. The Morgan fingerprint density at radius 3 is 2.69 bits per heavy atom. The molecule has 0 aliphatic rings. The van der Waals surface area contributed by atoms with Crippen molar-refractivity contribution in [1.82, 2.24) is 10.1 Å². The summed E-state index contributed by atoms with van der Waals surface area (Å²) in [5.74, 6) is 0.280. The summed E-state index contributed by atoms with van der Waals surface area (Å²) in [7, 11) is 1.32. The predicted molar refractivity (Wildman–Crippen MR) is 97.1 cm³/mol. The average molecular weight is 371 g/mol. The second kappa shape index (κ2) is 7.92. The number of anilines is 1. The van der Waals surface area contributed by atoms with Crippen LogP contribution in [-0.4, -0.2) is 29.1 Å². The number of ether oxygens (including phenoxy) is 1. The van der Waals surface area contributed by atoms with Crippen molar-refractivity contribution in [3.8, 4) is 11.4 Å². The minimum atomic E-state index is -0.426. The fraction of sp³-hybridized carbons (Fsp3) is 0.222. The highest BCUT2D eigenvalue weighted by Crippen LogP contribution is 2.23. The number of methoxy groups -OCH3 is 1. The number of carbonyl (C=O) groups is 2. The van der Waals surface area contributed by atoms with E-state index in [0.29, 0.717) is 28.0 Å². The number of aryl methyl sites for hydroxylation is 2. The first-order chi connectivity index (χ1) is 12.5. The van der Waals surface area contributed by atoms with Crippen molar-refractivity contribution in [2.45, 2.75) is 19.8 Å². The molecule has 0 saturated heterocycles. The molecule has 0 bridgehead atoms. The lowest BCUT2D eigenvalue weighted by Gasteiger charge is -2.00. The second-order valence-corrected chi connectivity index (χ2v) is 6.67. The first-order valence-corrected chi connectivity index (χ1v) is 8.74. The van der Waals surface area contributed by atoms with Gasteiger partial charge in [0.05, 0.1) is 12.1 Å². The third-order valence-corrected chi connectivity index (χ3v) is 4.58. The van der Waals surface area contributed by atoms with E-state index in [1.54, 1.807) is 12.1 Å². The normalized spacial score (nSPS) is 10.5. The number of carbonyl (C=O) groups excluding carboxylic acids is 2. The van der Waals surface area contributed by atoms with Crippen molar-refractivity contribution < 1.29 is 18.8 Å². The zero-order valence-corrected chi connectivity index (χ0v) is 15.1. The van der Waals surface area contributed by atoms with Gasteiger partial charge in [-0.3, -0.25) is 4.79 Å². The zero-order chi connectivity index (χ0) is 18.5. The van der Waals surface area contributed by atoms with Gasteiger partial charge in [0, 0.05) is 18.4 Å². The maximum absolute atomic E-state index is 12.0. The summed E-state index contributed by atoms with van der Waals surface area (Å²) >= 11 is 1.16. The van der Waals surface area contributed by atoms with Crippen LogP contribution < -0.4 is 5.32 Å². The van der Waals surface area contributed by atoms with Crippen molar-refractivity contribution in [3.63, 3.8) is 0 Å². The van der Waals surface area contributed by atoms with Gasteiger partial charge in [-0.25, -0.2) is 4.79 Å². The molecule has 1 N–H and O–H groups in total. The summed E-state index contributed by atoms with van der Waals surface area (Å²) in [6, 6.07) is 11.1. The van der Waals surface area contributed by atoms with Gasteiger partial charge < -0.3 is 14.6 Å². The van der Waals surface area contributed by atoms with E-state index in [0.717, 1.165) is 22.5 Å². The van der Waals surface area contributed by atoms with Crippen molar-refractivity contribution in [2.75, 3.05) is 12.4 Å². The topological polar surface area (TPSA) is 94.3 Å². The minimum absolute atomic E-state index is 0.195. The van der Waals surface area contributed by atoms with E-state index < -0.39 is 5.97 Å². The monoisotopic (exact) mass is 371 g/mol. The number of aromatic nitrogens is 2. The van der Waals surface area contributed by atoms with Crippen LogP contribution >= 0.6 is 11.3 Å². The van der Waals surface area contributed by atoms with Crippen LogP contribution in [0.4, 0.5) is 5.00 Å². The van der Waals surface area contributed by atoms with Gasteiger partial charge in [-0.1, -0.05) is 35.0 Å². The number of thiophene rings is 1. The fourth-order valence-corrected chi connectivity index (χ4v) is 3.05. The maximum Gasteiger partial charge on any atom is 0.348 e. The highest BCUT2D eigenvalue weighted by Gasteiger charge is 2.13. The standard InChI is InChI=1S/C18H17N3O4S/c1-11-3-5-12(6-4-11)17-20-15(25-21-17)9-8-14(22)19-16-10-7-13(26-16)18(23)24-2/h3-7,10H,8-9H2,1-2H3,(H,19,22). The molecule has 134 valence electrons. The predicted octanol–water partition coefficient (Wildman–Crippen LogP) is 3.46. The molecule has 0 radical (unpaired) electrons. The summed E-state index contributed by atoms with van der Waals surface area (Å²) in [6.07, 6.45) is 0.529. The molecule has 8 heteroatoms. The third-order valence-electron chi connectivity index (χ3n) is 3.60. The number of nitrogens with one attached hydrogen (secondary N) is 1. The highest BCUT2D eigenvalue weighted by molar-refractivity contribution is 7.18. The Hall–Kier alpha value is -3.00. The second-order valence-electron chi connectivity index (χ2n) is 5.58. The van der Waals surface area contributed by atoms with Gasteiger partial charge in [0.25, 0.3) is 0 Å². The van der Waals surface area contributed by atoms with Gasteiger partial charge in [0.1, 0.15) is 4.88 Å². The van der Waals surface area contributed by atoms with Crippen LogP contribution in [0.25, 0.3) is 11.4 Å². The SMILES string of the molecule is COC(=O)c1ccc(NC(=O)CCc2nc(-c3ccc(C)cc3)no2)s1. The lowest BCUT2D eigenvalue weighted by atomic mass is 10.1. The van der Waals surface area contributed by atoms with Gasteiger partial charge in [-0.2, -0.15) is 4.98 Å². The number of hydrogen-bond acceptors (Lipinski definition) is 7. The van der Waals surface area contributed by atoms with E-state index in [4.69, 9.17) is 4.52 Å². The summed E-state index contributed by atoms with van der Waals surface area (Å²) < 4.78 is 9.84. The molecule has 26 heavy (non-hydrogen) atoms. The van der Waals surface area contributed by atoms with E-state index in [9.17, 15) is 9.59 Å². The van der Waals surface area contributed by atoms with Crippen molar-refractivity contribution in [1.29, 1.82) is 0 Å². The first-order valence-electron chi connectivity index (χ1n) is 7.93. The molecule has 3 aromatic rings. The molecule has 1 amide bonds. The summed E-state index contributed by atoms with van der Waals surface area (Å²) in [5, 5.41) is 7.27. The number of esters is 1. The highest BCUT2D eigenvalue weighted by atomic mass is 32.1. The Balaban J connectivity index is 1.54. The number of rotatable bonds is 6. The number of benzene rings is 1. The van der Waals surface area contributed by atoms with E-state index in [-0.39, 0.29) is 12.3 Å². The van der Waals surface area contributed by atoms with Crippen LogP contribution in [0.15, 0.2) is 40.9 Å². The van der Waals surface area contributed by atoms with Crippen LogP contribution in [0.1, 0.15) is 27.5 Å². The molecule has 0 unspecified atom stereocenters. The molecule has 0 aliphatic carbocycles. The first kappa shape index (κ1) is 17.8.